The lowest BCUT2D eigenvalue weighted by Crippen LogP contribution is -2.17. The van der Waals surface area contributed by atoms with Gasteiger partial charge in [-0.1, -0.05) is 12.8 Å². The highest BCUT2D eigenvalue weighted by atomic mass is 16.4. The van der Waals surface area contributed by atoms with Gasteiger partial charge in [-0.05, 0) is 37.0 Å². The fourth-order valence-electron chi connectivity index (χ4n) is 2.11. The van der Waals surface area contributed by atoms with E-state index in [-0.39, 0.29) is 5.56 Å². The number of nitrogens with one attached hydrogen (secondary N) is 1. The summed E-state index contributed by atoms with van der Waals surface area (Å²) in [6.45, 7) is 2.39. The summed E-state index contributed by atoms with van der Waals surface area (Å²) in [6.07, 6.45) is 3.56. The average molecular weight is 262 g/mol. The molecule has 102 valence electrons. The van der Waals surface area contributed by atoms with Crippen molar-refractivity contribution in [3.8, 4) is 0 Å². The second-order valence-corrected chi connectivity index (χ2v) is 5.04. The minimum atomic E-state index is -1.00. The van der Waals surface area contributed by atoms with Gasteiger partial charge in [0.2, 0.25) is 0 Å². The number of aryl methyl sites for hydroxylation is 1. The van der Waals surface area contributed by atoms with E-state index in [1.54, 1.807) is 6.92 Å². The van der Waals surface area contributed by atoms with Gasteiger partial charge >= 0.3 is 5.97 Å². The Bertz CT molecular complexity index is 522. The monoisotopic (exact) mass is 262 g/mol. The van der Waals surface area contributed by atoms with Gasteiger partial charge in [0, 0.05) is 12.2 Å². The van der Waals surface area contributed by atoms with E-state index in [0.29, 0.717) is 16.8 Å². The average Bonchev–Trinajstić information content (AvgIpc) is 3.13. The minimum absolute atomic E-state index is 0.193. The van der Waals surface area contributed by atoms with Gasteiger partial charge < -0.3 is 16.2 Å². The number of hydrogen-bond acceptors (Lipinski definition) is 3. The topological polar surface area (TPSA) is 92.4 Å². The molecule has 1 aliphatic carbocycles. The van der Waals surface area contributed by atoms with E-state index in [9.17, 15) is 9.59 Å². The number of carboxylic acid groups (broad SMARTS) is 1. The van der Waals surface area contributed by atoms with Crippen LogP contribution in [0.15, 0.2) is 12.1 Å². The number of carbonyl (C=O) groups is 2. The van der Waals surface area contributed by atoms with Crippen molar-refractivity contribution in [1.82, 2.24) is 0 Å². The smallest absolute Gasteiger partial charge is 0.336 e. The second-order valence-electron chi connectivity index (χ2n) is 5.04. The first-order valence-electron chi connectivity index (χ1n) is 6.40. The molecule has 4 N–H and O–H groups in total. The van der Waals surface area contributed by atoms with E-state index >= 15 is 0 Å². The first-order chi connectivity index (χ1) is 8.99. The predicted molar refractivity (Wildman–Crippen MR) is 72.5 cm³/mol. The van der Waals surface area contributed by atoms with Crippen LogP contribution in [0.25, 0.3) is 0 Å². The quantitative estimate of drug-likeness (QED) is 0.731. The highest BCUT2D eigenvalue weighted by Crippen LogP contribution is 2.32. The van der Waals surface area contributed by atoms with Crippen molar-refractivity contribution in [2.24, 2.45) is 11.7 Å². The number of amides is 1. The number of nitrogens with two attached hydrogens (primary N) is 1. The minimum Gasteiger partial charge on any atom is -0.478 e. The van der Waals surface area contributed by atoms with Crippen molar-refractivity contribution in [1.29, 1.82) is 0 Å². The molecular formula is C14H18N2O3. The molecule has 0 unspecified atom stereocenters. The zero-order valence-corrected chi connectivity index (χ0v) is 10.9. The fraction of sp³-hybridized carbons (Fsp3) is 0.429. The van der Waals surface area contributed by atoms with Crippen LogP contribution in [0, 0.1) is 12.8 Å². The Kier molecular flexibility index (Phi) is 3.74. The van der Waals surface area contributed by atoms with Gasteiger partial charge in [0.1, 0.15) is 0 Å². The Balaban J connectivity index is 2.22. The number of aromatic carboxylic acids is 1. The molecule has 19 heavy (non-hydrogen) atoms. The lowest BCUT2D eigenvalue weighted by molar-refractivity contribution is 0.0695. The Morgan fingerprint density at radius 1 is 1.37 bits per heavy atom. The van der Waals surface area contributed by atoms with E-state index in [1.807, 2.05) is 0 Å². The van der Waals surface area contributed by atoms with Crippen LogP contribution in [0.4, 0.5) is 5.69 Å². The summed E-state index contributed by atoms with van der Waals surface area (Å²) >= 11 is 0. The summed E-state index contributed by atoms with van der Waals surface area (Å²) in [5, 5.41) is 12.2. The highest BCUT2D eigenvalue weighted by Gasteiger charge is 2.21. The molecule has 0 radical (unpaired) electrons. The molecule has 1 aliphatic rings. The molecule has 0 saturated heterocycles. The highest BCUT2D eigenvalue weighted by molar-refractivity contribution is 6.01. The van der Waals surface area contributed by atoms with Gasteiger partial charge in [0.15, 0.2) is 0 Å². The maximum absolute atomic E-state index is 11.4. The van der Waals surface area contributed by atoms with Gasteiger partial charge in [-0.15, -0.1) is 0 Å². The maximum atomic E-state index is 11.4. The predicted octanol–water partition coefficient (Wildman–Crippen LogP) is 2.00. The molecule has 0 heterocycles. The Labute approximate surface area is 111 Å². The van der Waals surface area contributed by atoms with Crippen LogP contribution in [0.5, 0.6) is 0 Å². The number of hydrogen-bond donors (Lipinski definition) is 3. The van der Waals surface area contributed by atoms with Crippen LogP contribution < -0.4 is 11.1 Å². The molecule has 1 fully saturated rings. The number of primary amides is 1. The van der Waals surface area contributed by atoms with Gasteiger partial charge in [-0.25, -0.2) is 4.79 Å². The first kappa shape index (κ1) is 13.4. The number of benzene rings is 1. The molecule has 0 bridgehead atoms. The molecule has 2 rings (SSSR count). The van der Waals surface area contributed by atoms with E-state index in [0.717, 1.165) is 18.9 Å². The van der Waals surface area contributed by atoms with E-state index < -0.39 is 11.9 Å². The van der Waals surface area contributed by atoms with Gasteiger partial charge in [-0.2, -0.15) is 0 Å². The van der Waals surface area contributed by atoms with Crippen molar-refractivity contribution >= 4 is 17.6 Å². The van der Waals surface area contributed by atoms with Crippen molar-refractivity contribution in [2.75, 3.05) is 11.9 Å². The van der Waals surface area contributed by atoms with Crippen LogP contribution in [0.3, 0.4) is 0 Å². The largest absolute Gasteiger partial charge is 0.478 e. The molecule has 1 aromatic carbocycles. The summed E-state index contributed by atoms with van der Waals surface area (Å²) in [4.78, 5) is 22.5. The molecule has 5 heteroatoms. The van der Waals surface area contributed by atoms with E-state index in [2.05, 4.69) is 5.32 Å². The van der Waals surface area contributed by atoms with Crippen LogP contribution in [0.1, 0.15) is 45.5 Å². The van der Waals surface area contributed by atoms with Crippen LogP contribution in [0.2, 0.25) is 0 Å². The Morgan fingerprint density at radius 2 is 2.05 bits per heavy atom. The number of carboxylic acids is 1. The molecule has 0 spiro atoms. The molecular weight excluding hydrogens is 244 g/mol. The van der Waals surface area contributed by atoms with Crippen LogP contribution in [-0.4, -0.2) is 23.5 Å². The third kappa shape index (κ3) is 3.24. The van der Waals surface area contributed by atoms with Crippen LogP contribution in [-0.2, 0) is 0 Å². The molecule has 1 aromatic rings. The summed E-state index contributed by atoms with van der Waals surface area (Å²) < 4.78 is 0. The normalized spacial score (nSPS) is 14.2. The molecule has 0 aromatic heterocycles. The van der Waals surface area contributed by atoms with Crippen molar-refractivity contribution < 1.29 is 14.7 Å². The summed E-state index contributed by atoms with van der Waals surface area (Å²) in [6, 6.07) is 3.02. The lowest BCUT2D eigenvalue weighted by Gasteiger charge is -2.12. The fourth-order valence-corrected chi connectivity index (χ4v) is 2.11. The first-order valence-corrected chi connectivity index (χ1v) is 6.40. The standard InChI is InChI=1S/C14H18N2O3/c1-8-6-11(13(15)17)12(7-10(8)14(18)19)16-5-4-9-2-3-9/h6-7,9,16H,2-5H2,1H3,(H2,15,17)(H,18,19). The summed E-state index contributed by atoms with van der Waals surface area (Å²) in [5.74, 6) is -0.776. The molecule has 1 amide bonds. The molecule has 0 atom stereocenters. The lowest BCUT2D eigenvalue weighted by atomic mass is 10.0. The molecule has 1 saturated carbocycles. The van der Waals surface area contributed by atoms with E-state index in [1.165, 1.54) is 25.0 Å². The van der Waals surface area contributed by atoms with Crippen molar-refractivity contribution in [3.63, 3.8) is 0 Å². The zero-order valence-electron chi connectivity index (χ0n) is 10.9. The van der Waals surface area contributed by atoms with Gasteiger partial charge in [0.05, 0.1) is 11.1 Å². The number of anilines is 1. The van der Waals surface area contributed by atoms with Gasteiger partial charge in [-0.3, -0.25) is 4.79 Å². The third-order valence-corrected chi connectivity index (χ3v) is 3.43. The maximum Gasteiger partial charge on any atom is 0.336 e. The zero-order chi connectivity index (χ0) is 14.0. The third-order valence-electron chi connectivity index (χ3n) is 3.43. The second kappa shape index (κ2) is 5.30. The number of rotatable bonds is 6. The molecule has 0 aliphatic heterocycles. The van der Waals surface area contributed by atoms with Gasteiger partial charge in [0.25, 0.3) is 5.91 Å². The van der Waals surface area contributed by atoms with Crippen molar-refractivity contribution in [2.45, 2.75) is 26.2 Å². The summed E-state index contributed by atoms with van der Waals surface area (Å²) in [5.41, 5.74) is 6.91. The SMILES string of the molecule is Cc1cc(C(N)=O)c(NCCC2CC2)cc1C(=O)O. The number of carbonyl (C=O) groups excluding carboxylic acids is 1. The Morgan fingerprint density at radius 3 is 2.58 bits per heavy atom. The summed E-state index contributed by atoms with van der Waals surface area (Å²) in [7, 11) is 0. The van der Waals surface area contributed by atoms with Crippen LogP contribution >= 0.6 is 0 Å². The van der Waals surface area contributed by atoms with Crippen molar-refractivity contribution in [3.05, 3.63) is 28.8 Å². The van der Waals surface area contributed by atoms with E-state index in [4.69, 9.17) is 10.8 Å². The Hall–Kier alpha value is -2.04. The molecule has 5 nitrogen and oxygen atoms in total.